The number of ether oxygens (including phenoxy) is 2. The molecule has 1 aromatic heterocycles. The Morgan fingerprint density at radius 1 is 1.41 bits per heavy atom. The predicted molar refractivity (Wildman–Crippen MR) is 100 cm³/mol. The fraction of sp³-hybridized carbons (Fsp3) is 0.600. The van der Waals surface area contributed by atoms with Crippen molar-refractivity contribution in [2.75, 3.05) is 27.4 Å². The van der Waals surface area contributed by atoms with Gasteiger partial charge in [-0.05, 0) is 19.4 Å². The molecule has 1 unspecified atom stereocenters. The van der Waals surface area contributed by atoms with E-state index in [0.717, 1.165) is 17.9 Å². The molecule has 0 spiro atoms. The molecular weight excluding hydrogens is 395 g/mol. The van der Waals surface area contributed by atoms with Crippen molar-refractivity contribution in [3.05, 3.63) is 23.9 Å². The number of aromatic nitrogens is 1. The Labute approximate surface area is 150 Å². The van der Waals surface area contributed by atoms with Crippen molar-refractivity contribution in [3.63, 3.8) is 0 Å². The highest BCUT2D eigenvalue weighted by molar-refractivity contribution is 14.0. The summed E-state index contributed by atoms with van der Waals surface area (Å²) in [5, 5.41) is 6.59. The highest BCUT2D eigenvalue weighted by atomic mass is 127. The topological polar surface area (TPSA) is 67.8 Å². The van der Waals surface area contributed by atoms with Crippen LogP contribution in [0.3, 0.4) is 0 Å². The summed E-state index contributed by atoms with van der Waals surface area (Å²) in [6.07, 6.45) is 2.76. The van der Waals surface area contributed by atoms with E-state index in [1.54, 1.807) is 20.4 Å². The van der Waals surface area contributed by atoms with Crippen LogP contribution in [0.15, 0.2) is 23.3 Å². The van der Waals surface area contributed by atoms with Crippen LogP contribution in [0.5, 0.6) is 5.88 Å². The molecule has 1 atom stereocenters. The fourth-order valence-corrected chi connectivity index (χ4v) is 1.62. The van der Waals surface area contributed by atoms with Gasteiger partial charge in [0.25, 0.3) is 0 Å². The van der Waals surface area contributed by atoms with E-state index in [0.29, 0.717) is 31.7 Å². The first-order valence-electron chi connectivity index (χ1n) is 7.24. The number of guanidine groups is 1. The minimum Gasteiger partial charge on any atom is -0.475 e. The Balaban J connectivity index is 0.00000441. The van der Waals surface area contributed by atoms with E-state index in [2.05, 4.69) is 34.5 Å². The quantitative estimate of drug-likeness (QED) is 0.291. The summed E-state index contributed by atoms with van der Waals surface area (Å²) in [6.45, 7) is 5.89. The van der Waals surface area contributed by atoms with Crippen LogP contribution < -0.4 is 15.4 Å². The predicted octanol–water partition coefficient (Wildman–Crippen LogP) is 2.19. The number of hydrogen-bond donors (Lipinski definition) is 2. The van der Waals surface area contributed by atoms with E-state index in [1.165, 1.54) is 0 Å². The van der Waals surface area contributed by atoms with E-state index in [1.807, 2.05) is 12.1 Å². The molecule has 0 aromatic carbocycles. The van der Waals surface area contributed by atoms with Crippen molar-refractivity contribution in [2.24, 2.45) is 4.99 Å². The summed E-state index contributed by atoms with van der Waals surface area (Å²) in [6, 6.07) is 4.26. The van der Waals surface area contributed by atoms with Gasteiger partial charge in [-0.1, -0.05) is 13.0 Å². The Bertz CT molecular complexity index is 443. The van der Waals surface area contributed by atoms with Crippen LogP contribution in [-0.4, -0.2) is 44.4 Å². The largest absolute Gasteiger partial charge is 0.475 e. The smallest absolute Gasteiger partial charge is 0.218 e. The normalized spacial score (nSPS) is 12.3. The number of methoxy groups -OCH3 is 1. The molecule has 0 aliphatic heterocycles. The van der Waals surface area contributed by atoms with Crippen LogP contribution in [-0.2, 0) is 11.3 Å². The van der Waals surface area contributed by atoms with E-state index in [-0.39, 0.29) is 24.0 Å². The average molecular weight is 422 g/mol. The zero-order chi connectivity index (χ0) is 15.5. The molecule has 0 radical (unpaired) electrons. The number of rotatable bonds is 8. The zero-order valence-corrected chi connectivity index (χ0v) is 16.1. The van der Waals surface area contributed by atoms with Crippen LogP contribution in [0.1, 0.15) is 25.8 Å². The third kappa shape index (κ3) is 7.79. The van der Waals surface area contributed by atoms with Gasteiger partial charge in [-0.3, -0.25) is 4.99 Å². The van der Waals surface area contributed by atoms with Crippen molar-refractivity contribution in [1.82, 2.24) is 15.6 Å². The molecule has 0 aliphatic carbocycles. The maximum absolute atomic E-state index is 5.61. The molecule has 0 saturated carbocycles. The van der Waals surface area contributed by atoms with Crippen LogP contribution in [0.25, 0.3) is 0 Å². The molecule has 22 heavy (non-hydrogen) atoms. The van der Waals surface area contributed by atoms with E-state index < -0.39 is 0 Å². The number of hydrogen-bond acceptors (Lipinski definition) is 4. The van der Waals surface area contributed by atoms with Crippen molar-refractivity contribution < 1.29 is 9.47 Å². The van der Waals surface area contributed by atoms with E-state index in [4.69, 9.17) is 9.47 Å². The van der Waals surface area contributed by atoms with Gasteiger partial charge in [0.2, 0.25) is 5.88 Å². The maximum atomic E-state index is 5.61. The second kappa shape index (κ2) is 12.5. The number of aliphatic imine (C=N–C) groups is 1. The Kier molecular flexibility index (Phi) is 11.8. The minimum absolute atomic E-state index is 0. The first-order chi connectivity index (χ1) is 10.2. The molecule has 0 amide bonds. The number of nitrogens with one attached hydrogen (secondary N) is 2. The highest BCUT2D eigenvalue weighted by Gasteiger charge is 2.07. The maximum Gasteiger partial charge on any atom is 0.218 e. The van der Waals surface area contributed by atoms with Crippen LogP contribution in [0.4, 0.5) is 0 Å². The summed E-state index contributed by atoms with van der Waals surface area (Å²) in [7, 11) is 3.41. The van der Waals surface area contributed by atoms with E-state index in [9.17, 15) is 0 Å². The van der Waals surface area contributed by atoms with Crippen LogP contribution in [0, 0.1) is 0 Å². The van der Waals surface area contributed by atoms with Gasteiger partial charge >= 0.3 is 0 Å². The second-order valence-corrected chi connectivity index (χ2v) is 4.69. The molecular formula is C15H27IN4O2. The van der Waals surface area contributed by atoms with Crippen molar-refractivity contribution in [3.8, 4) is 5.88 Å². The molecule has 1 rings (SSSR count). The molecule has 0 fully saturated rings. The second-order valence-electron chi connectivity index (χ2n) is 4.69. The Morgan fingerprint density at radius 3 is 2.82 bits per heavy atom. The van der Waals surface area contributed by atoms with Gasteiger partial charge in [-0.15, -0.1) is 24.0 Å². The molecule has 126 valence electrons. The number of pyridine rings is 1. The number of nitrogens with zero attached hydrogens (tertiary/aromatic N) is 2. The lowest BCUT2D eigenvalue weighted by molar-refractivity contribution is 0.143. The molecule has 6 nitrogen and oxygen atoms in total. The Morgan fingerprint density at radius 2 is 2.18 bits per heavy atom. The molecule has 0 saturated heterocycles. The lowest BCUT2D eigenvalue weighted by Gasteiger charge is -2.17. The first-order valence-corrected chi connectivity index (χ1v) is 7.24. The van der Waals surface area contributed by atoms with Crippen molar-refractivity contribution >= 4 is 29.9 Å². The van der Waals surface area contributed by atoms with Crippen molar-refractivity contribution in [2.45, 2.75) is 32.9 Å². The van der Waals surface area contributed by atoms with Gasteiger partial charge < -0.3 is 20.1 Å². The lowest BCUT2D eigenvalue weighted by atomic mass is 10.2. The van der Waals surface area contributed by atoms with Crippen molar-refractivity contribution in [1.29, 1.82) is 0 Å². The van der Waals surface area contributed by atoms with Crippen LogP contribution >= 0.6 is 24.0 Å². The average Bonchev–Trinajstić information content (AvgIpc) is 2.52. The Hall–Kier alpha value is -1.09. The molecule has 2 N–H and O–H groups in total. The zero-order valence-electron chi connectivity index (χ0n) is 13.8. The molecule has 0 bridgehead atoms. The summed E-state index contributed by atoms with van der Waals surface area (Å²) < 4.78 is 10.6. The van der Waals surface area contributed by atoms with E-state index >= 15 is 0 Å². The summed E-state index contributed by atoms with van der Waals surface area (Å²) in [4.78, 5) is 8.46. The molecule has 7 heteroatoms. The summed E-state index contributed by atoms with van der Waals surface area (Å²) >= 11 is 0. The first kappa shape index (κ1) is 20.9. The van der Waals surface area contributed by atoms with Gasteiger partial charge in [0, 0.05) is 38.5 Å². The van der Waals surface area contributed by atoms with Gasteiger partial charge in [0.1, 0.15) is 6.61 Å². The molecule has 1 aromatic rings. The molecule has 1 heterocycles. The van der Waals surface area contributed by atoms with Crippen LogP contribution in [0.2, 0.25) is 0 Å². The lowest BCUT2D eigenvalue weighted by Crippen LogP contribution is -2.41. The minimum atomic E-state index is 0. The molecule has 0 aliphatic rings. The highest BCUT2D eigenvalue weighted by Crippen LogP contribution is 2.13. The third-order valence-corrected chi connectivity index (χ3v) is 3.04. The van der Waals surface area contributed by atoms with Gasteiger partial charge in [0.15, 0.2) is 5.96 Å². The SMILES string of the molecule is CCC(C)NC(=NC)NCc1cccnc1OCCOC.I. The third-order valence-electron chi connectivity index (χ3n) is 3.04. The standard InChI is InChI=1S/C15H26N4O2.HI/c1-5-12(2)19-15(16-3)18-11-13-7-6-8-17-14(13)21-10-9-20-4;/h6-8,12H,5,9-11H2,1-4H3,(H2,16,18,19);1H. The van der Waals surface area contributed by atoms with Gasteiger partial charge in [0.05, 0.1) is 6.61 Å². The fourth-order valence-electron chi connectivity index (χ4n) is 1.62. The summed E-state index contributed by atoms with van der Waals surface area (Å²) in [5.41, 5.74) is 0.987. The summed E-state index contributed by atoms with van der Waals surface area (Å²) in [5.74, 6) is 1.40. The number of halogens is 1. The monoisotopic (exact) mass is 422 g/mol. The van der Waals surface area contributed by atoms with Gasteiger partial charge in [-0.25, -0.2) is 4.98 Å². The van der Waals surface area contributed by atoms with Gasteiger partial charge in [-0.2, -0.15) is 0 Å².